The van der Waals surface area contributed by atoms with Crippen molar-refractivity contribution in [3.8, 4) is 0 Å². The van der Waals surface area contributed by atoms with Crippen LogP contribution in [0.4, 0.5) is 0 Å². The molecule has 0 amide bonds. The first kappa shape index (κ1) is 9.80. The second-order valence-corrected chi connectivity index (χ2v) is 5.16. The average Bonchev–Trinajstić information content (AvgIpc) is 2.29. The number of pyridine rings is 1. The largest absolute Gasteiger partial charge is 0.278 e. The minimum Gasteiger partial charge on any atom is -0.278 e. The van der Waals surface area contributed by atoms with Gasteiger partial charge in [0.25, 0.3) is 0 Å². The molecule has 72 valence electrons. The van der Waals surface area contributed by atoms with Gasteiger partial charge in [0.15, 0.2) is 0 Å². The van der Waals surface area contributed by atoms with Crippen LogP contribution in [0.2, 0.25) is 0 Å². The maximum atomic E-state index is 4.35. The first-order chi connectivity index (χ1) is 6.95. The monoisotopic (exact) mass is 222 g/mol. The minimum atomic E-state index is 0.340. The van der Waals surface area contributed by atoms with Gasteiger partial charge in [-0.25, -0.2) is 4.98 Å². The summed E-state index contributed by atoms with van der Waals surface area (Å²) in [7, 11) is 3.44. The molecule has 2 nitrogen and oxygen atoms in total. The van der Waals surface area contributed by atoms with Crippen LogP contribution in [0, 0.1) is 0 Å². The molecule has 1 atom stereocenters. The fourth-order valence-electron chi connectivity index (χ4n) is 1.03. The first-order valence-electron chi connectivity index (χ1n) is 4.38. The zero-order valence-corrected chi connectivity index (χ0v) is 9.17. The van der Waals surface area contributed by atoms with Gasteiger partial charge in [-0.1, -0.05) is 22.9 Å². The van der Waals surface area contributed by atoms with Crippen LogP contribution in [-0.2, 0) is 0 Å². The molecule has 1 aromatic heterocycles. The van der Waals surface area contributed by atoms with Crippen molar-refractivity contribution in [2.24, 2.45) is 4.99 Å². The third kappa shape index (κ3) is 2.89. The van der Waals surface area contributed by atoms with Gasteiger partial charge in [-0.3, -0.25) is 4.99 Å². The summed E-state index contributed by atoms with van der Waals surface area (Å²) in [4.78, 5) is 8.58. The first-order valence-corrected chi connectivity index (χ1v) is 6.59. The van der Waals surface area contributed by atoms with E-state index in [1.807, 2.05) is 36.7 Å². The number of rotatable bonds is 3. The number of aromatic nitrogens is 1. The van der Waals surface area contributed by atoms with E-state index in [2.05, 4.69) is 16.1 Å². The highest BCUT2D eigenvalue weighted by molar-refractivity contribution is 8.76. The molecule has 14 heavy (non-hydrogen) atoms. The van der Waals surface area contributed by atoms with E-state index < -0.39 is 0 Å². The number of nitrogens with zero attached hydrogens (tertiary/aromatic N) is 2. The highest BCUT2D eigenvalue weighted by Gasteiger charge is 2.07. The van der Waals surface area contributed by atoms with E-state index in [0.29, 0.717) is 5.37 Å². The average molecular weight is 222 g/mol. The Morgan fingerprint density at radius 3 is 3.07 bits per heavy atom. The van der Waals surface area contributed by atoms with Gasteiger partial charge in [0.2, 0.25) is 0 Å². The fourth-order valence-corrected chi connectivity index (χ4v) is 3.09. The van der Waals surface area contributed by atoms with E-state index in [0.717, 1.165) is 11.4 Å². The smallest absolute Gasteiger partial charge is 0.109 e. The zero-order chi connectivity index (χ0) is 9.64. The van der Waals surface area contributed by atoms with Gasteiger partial charge in [-0.2, -0.15) is 0 Å². The van der Waals surface area contributed by atoms with E-state index in [-0.39, 0.29) is 0 Å². The van der Waals surface area contributed by atoms with Crippen molar-refractivity contribution in [2.45, 2.75) is 16.8 Å². The molecular weight excluding hydrogens is 212 g/mol. The van der Waals surface area contributed by atoms with Crippen molar-refractivity contribution in [2.75, 3.05) is 0 Å². The highest BCUT2D eigenvalue weighted by atomic mass is 33.1. The normalized spacial score (nSPS) is 19.9. The minimum absolute atomic E-state index is 0.340. The van der Waals surface area contributed by atoms with Gasteiger partial charge < -0.3 is 0 Å². The van der Waals surface area contributed by atoms with Crippen molar-refractivity contribution in [1.29, 1.82) is 0 Å². The van der Waals surface area contributed by atoms with Gasteiger partial charge in [0.05, 0.1) is 0 Å². The number of dihydropyridines is 1. The molecule has 0 aliphatic carbocycles. The summed E-state index contributed by atoms with van der Waals surface area (Å²) in [6.07, 6.45) is 8.82. The Bertz CT molecular complexity index is 335. The Balaban J connectivity index is 1.83. The van der Waals surface area contributed by atoms with Crippen LogP contribution in [0.25, 0.3) is 0 Å². The summed E-state index contributed by atoms with van der Waals surface area (Å²) >= 11 is 0. The Hall–Kier alpha value is -0.740. The van der Waals surface area contributed by atoms with Crippen molar-refractivity contribution < 1.29 is 0 Å². The molecule has 0 bridgehead atoms. The quantitative estimate of drug-likeness (QED) is 0.734. The van der Waals surface area contributed by atoms with Gasteiger partial charge in [0, 0.05) is 12.4 Å². The van der Waals surface area contributed by atoms with Gasteiger partial charge >= 0.3 is 0 Å². The lowest BCUT2D eigenvalue weighted by atomic mass is 10.3. The number of hydrogen-bond acceptors (Lipinski definition) is 4. The molecule has 0 aromatic carbocycles. The van der Waals surface area contributed by atoms with Crippen molar-refractivity contribution in [1.82, 2.24) is 4.98 Å². The molecule has 1 unspecified atom stereocenters. The van der Waals surface area contributed by atoms with E-state index in [9.17, 15) is 0 Å². The van der Waals surface area contributed by atoms with Gasteiger partial charge in [-0.15, -0.1) is 0 Å². The summed E-state index contributed by atoms with van der Waals surface area (Å²) in [5.74, 6) is 0. The molecule has 0 saturated carbocycles. The Morgan fingerprint density at radius 1 is 1.36 bits per heavy atom. The molecule has 0 saturated heterocycles. The maximum Gasteiger partial charge on any atom is 0.109 e. The molecule has 0 N–H and O–H groups in total. The van der Waals surface area contributed by atoms with Gasteiger partial charge in [-0.05, 0) is 35.4 Å². The van der Waals surface area contributed by atoms with Crippen LogP contribution in [-0.4, -0.2) is 16.6 Å². The molecule has 0 fully saturated rings. The van der Waals surface area contributed by atoms with Crippen LogP contribution >= 0.6 is 21.6 Å². The lowest BCUT2D eigenvalue weighted by Crippen LogP contribution is -1.98. The molecule has 0 spiro atoms. The maximum absolute atomic E-state index is 4.35. The lowest BCUT2D eigenvalue weighted by Gasteiger charge is -2.10. The molecule has 2 rings (SSSR count). The molecule has 1 aromatic rings. The summed E-state index contributed by atoms with van der Waals surface area (Å²) in [6.45, 7) is 0. The van der Waals surface area contributed by atoms with Crippen LogP contribution in [0.3, 0.4) is 0 Å². The Kier molecular flexibility index (Phi) is 3.65. The third-order valence-corrected chi connectivity index (χ3v) is 4.21. The van der Waals surface area contributed by atoms with Crippen molar-refractivity contribution in [3.63, 3.8) is 0 Å². The highest BCUT2D eigenvalue weighted by Crippen LogP contribution is 2.35. The van der Waals surface area contributed by atoms with E-state index in [4.69, 9.17) is 0 Å². The predicted molar refractivity (Wildman–Crippen MR) is 63.7 cm³/mol. The third-order valence-electron chi connectivity index (χ3n) is 1.69. The van der Waals surface area contributed by atoms with Crippen LogP contribution < -0.4 is 0 Å². The molecule has 0 radical (unpaired) electrons. The summed E-state index contributed by atoms with van der Waals surface area (Å²) in [6, 6.07) is 5.94. The molecule has 4 heteroatoms. The fraction of sp³-hybridized carbons (Fsp3) is 0.200. The second-order valence-electron chi connectivity index (χ2n) is 2.76. The molecule has 1 aliphatic heterocycles. The van der Waals surface area contributed by atoms with E-state index >= 15 is 0 Å². The van der Waals surface area contributed by atoms with Crippen molar-refractivity contribution in [3.05, 3.63) is 36.5 Å². The van der Waals surface area contributed by atoms with Crippen LogP contribution in [0.15, 0.2) is 46.6 Å². The molecule has 2 heterocycles. The molecule has 1 aliphatic rings. The number of allylic oxidation sites excluding steroid dienone is 1. The van der Waals surface area contributed by atoms with Crippen molar-refractivity contribution >= 4 is 27.8 Å². The summed E-state index contributed by atoms with van der Waals surface area (Å²) in [5.41, 5.74) is 0. The number of aliphatic imine (C=N–C) groups is 1. The van der Waals surface area contributed by atoms with E-state index in [1.54, 1.807) is 21.6 Å². The summed E-state index contributed by atoms with van der Waals surface area (Å²) in [5, 5.41) is 1.38. The standard InChI is InChI=1S/C10H10N2S2/c1-3-7-11-9(5-1)13-14-10-6-2-4-8-12-10/h1-5,7-8,10H,6H2. The zero-order valence-electron chi connectivity index (χ0n) is 7.54. The number of hydrogen-bond donors (Lipinski definition) is 0. The van der Waals surface area contributed by atoms with Crippen LogP contribution in [0.5, 0.6) is 0 Å². The summed E-state index contributed by atoms with van der Waals surface area (Å²) < 4.78 is 0. The SMILES string of the molecule is C1=CCC(SSc2ccccn2)N=C1. The Morgan fingerprint density at radius 2 is 2.36 bits per heavy atom. The van der Waals surface area contributed by atoms with E-state index in [1.165, 1.54) is 0 Å². The molecular formula is C10H10N2S2. The lowest BCUT2D eigenvalue weighted by molar-refractivity contribution is 0.936. The topological polar surface area (TPSA) is 25.2 Å². The van der Waals surface area contributed by atoms with Gasteiger partial charge in [0.1, 0.15) is 10.4 Å². The predicted octanol–water partition coefficient (Wildman–Crippen LogP) is 3.18. The van der Waals surface area contributed by atoms with Crippen LogP contribution in [0.1, 0.15) is 6.42 Å². The Labute approximate surface area is 91.3 Å². The second kappa shape index (κ2) is 5.22.